The van der Waals surface area contributed by atoms with Gasteiger partial charge < -0.3 is 10.4 Å². The molecular formula is C13H13N3O2. The summed E-state index contributed by atoms with van der Waals surface area (Å²) >= 11 is 0. The first kappa shape index (κ1) is 11.9. The highest BCUT2D eigenvalue weighted by atomic mass is 16.2. The number of hydrogen-bond donors (Lipinski definition) is 2. The van der Waals surface area contributed by atoms with Crippen LogP contribution in [0.5, 0.6) is 0 Å². The van der Waals surface area contributed by atoms with Gasteiger partial charge in [0.05, 0.1) is 11.8 Å². The van der Waals surface area contributed by atoms with E-state index < -0.39 is 0 Å². The maximum absolute atomic E-state index is 11.9. The van der Waals surface area contributed by atoms with E-state index in [9.17, 15) is 4.79 Å². The standard InChI is InChI=1S/C13H13N3O2/c1-16-9-11(13(18)14-7-8-17)12(15-16)10-5-3-2-4-6-10/h2-9,17H,1H3,(H,14,18)/b8-7+. The van der Waals surface area contributed by atoms with Crippen LogP contribution in [0.2, 0.25) is 0 Å². The fraction of sp³-hybridized carbons (Fsp3) is 0.0769. The maximum atomic E-state index is 11.9. The van der Waals surface area contributed by atoms with E-state index in [1.807, 2.05) is 30.3 Å². The average Bonchev–Trinajstić information content (AvgIpc) is 2.79. The zero-order valence-corrected chi connectivity index (χ0v) is 9.87. The molecule has 0 unspecified atom stereocenters. The van der Waals surface area contributed by atoms with Gasteiger partial charge in [-0.1, -0.05) is 30.3 Å². The number of aryl methyl sites for hydroxylation is 1. The Bertz CT molecular complexity index is 573. The van der Waals surface area contributed by atoms with Crippen molar-refractivity contribution >= 4 is 5.91 Å². The summed E-state index contributed by atoms with van der Waals surface area (Å²) < 4.78 is 1.58. The van der Waals surface area contributed by atoms with E-state index >= 15 is 0 Å². The Hall–Kier alpha value is -2.56. The van der Waals surface area contributed by atoms with Gasteiger partial charge in [0, 0.05) is 25.0 Å². The molecule has 0 radical (unpaired) electrons. The SMILES string of the molecule is Cn1cc(C(=O)N/C=C/O)c(-c2ccccc2)n1. The average molecular weight is 243 g/mol. The molecule has 0 aliphatic rings. The van der Waals surface area contributed by atoms with Crippen LogP contribution < -0.4 is 5.32 Å². The summed E-state index contributed by atoms with van der Waals surface area (Å²) in [5.41, 5.74) is 1.94. The fourth-order valence-corrected chi connectivity index (χ4v) is 1.65. The highest BCUT2D eigenvalue weighted by Gasteiger charge is 2.15. The maximum Gasteiger partial charge on any atom is 0.259 e. The van der Waals surface area contributed by atoms with Crippen molar-refractivity contribution in [3.8, 4) is 11.3 Å². The van der Waals surface area contributed by atoms with Gasteiger partial charge in [-0.25, -0.2) is 0 Å². The van der Waals surface area contributed by atoms with Gasteiger partial charge in [-0.3, -0.25) is 9.48 Å². The summed E-state index contributed by atoms with van der Waals surface area (Å²) in [5.74, 6) is -0.313. The van der Waals surface area contributed by atoms with Crippen molar-refractivity contribution in [3.05, 3.63) is 54.6 Å². The van der Waals surface area contributed by atoms with Crippen molar-refractivity contribution in [3.63, 3.8) is 0 Å². The number of hydrogen-bond acceptors (Lipinski definition) is 3. The second kappa shape index (κ2) is 5.18. The third-order valence-electron chi connectivity index (χ3n) is 2.41. The van der Waals surface area contributed by atoms with Gasteiger partial charge in [0.15, 0.2) is 0 Å². The molecule has 0 saturated carbocycles. The van der Waals surface area contributed by atoms with Crippen molar-refractivity contribution < 1.29 is 9.90 Å². The van der Waals surface area contributed by atoms with E-state index in [1.54, 1.807) is 17.9 Å². The van der Waals surface area contributed by atoms with Gasteiger partial charge >= 0.3 is 0 Å². The zero-order chi connectivity index (χ0) is 13.0. The lowest BCUT2D eigenvalue weighted by Crippen LogP contribution is -2.17. The lowest BCUT2D eigenvalue weighted by Gasteiger charge is -2.00. The van der Waals surface area contributed by atoms with E-state index in [4.69, 9.17) is 5.11 Å². The zero-order valence-electron chi connectivity index (χ0n) is 9.87. The topological polar surface area (TPSA) is 67.2 Å². The highest BCUT2D eigenvalue weighted by Crippen LogP contribution is 2.21. The number of carbonyl (C=O) groups is 1. The minimum absolute atomic E-state index is 0.313. The van der Waals surface area contributed by atoms with Gasteiger partial charge in [-0.15, -0.1) is 0 Å². The largest absolute Gasteiger partial charge is 0.514 e. The summed E-state index contributed by atoms with van der Waals surface area (Å²) in [6.07, 6.45) is 3.59. The smallest absolute Gasteiger partial charge is 0.259 e. The van der Waals surface area contributed by atoms with Crippen LogP contribution in [-0.4, -0.2) is 20.8 Å². The molecule has 5 nitrogen and oxygen atoms in total. The van der Waals surface area contributed by atoms with Crippen LogP contribution in [0, 0.1) is 0 Å². The lowest BCUT2D eigenvalue weighted by atomic mass is 10.1. The van der Waals surface area contributed by atoms with Crippen LogP contribution in [0.1, 0.15) is 10.4 Å². The second-order valence-electron chi connectivity index (χ2n) is 3.72. The summed E-state index contributed by atoms with van der Waals surface area (Å²) in [6.45, 7) is 0. The number of aromatic nitrogens is 2. The first-order valence-electron chi connectivity index (χ1n) is 5.41. The first-order valence-corrected chi connectivity index (χ1v) is 5.41. The number of carbonyl (C=O) groups excluding carboxylic acids is 1. The summed E-state index contributed by atoms with van der Waals surface area (Å²) in [6, 6.07) is 9.46. The predicted molar refractivity (Wildman–Crippen MR) is 67.9 cm³/mol. The summed E-state index contributed by atoms with van der Waals surface area (Å²) in [7, 11) is 1.76. The van der Waals surface area contributed by atoms with Crippen LogP contribution in [-0.2, 0) is 7.05 Å². The molecule has 1 heterocycles. The monoisotopic (exact) mass is 243 g/mol. The van der Waals surface area contributed by atoms with Crippen molar-refractivity contribution in [2.45, 2.75) is 0 Å². The number of benzene rings is 1. The summed E-state index contributed by atoms with van der Waals surface area (Å²) in [5, 5.41) is 15.3. The minimum Gasteiger partial charge on any atom is -0.514 e. The third-order valence-corrected chi connectivity index (χ3v) is 2.41. The summed E-state index contributed by atoms with van der Waals surface area (Å²) in [4.78, 5) is 11.9. The molecule has 2 aromatic rings. The van der Waals surface area contributed by atoms with Gasteiger partial charge in [0.2, 0.25) is 0 Å². The second-order valence-corrected chi connectivity index (χ2v) is 3.72. The Morgan fingerprint density at radius 3 is 2.78 bits per heavy atom. The Kier molecular flexibility index (Phi) is 3.43. The van der Waals surface area contributed by atoms with Gasteiger partial charge in [-0.2, -0.15) is 5.10 Å². The molecule has 1 aromatic carbocycles. The molecule has 0 aliphatic carbocycles. The van der Waals surface area contributed by atoms with Crippen LogP contribution in [0.4, 0.5) is 0 Å². The Labute approximate surface area is 104 Å². The molecule has 5 heteroatoms. The number of nitrogens with zero attached hydrogens (tertiary/aromatic N) is 2. The fourth-order valence-electron chi connectivity index (χ4n) is 1.65. The van der Waals surface area contributed by atoms with Gasteiger partial charge in [0.25, 0.3) is 5.91 Å². The molecular weight excluding hydrogens is 230 g/mol. The van der Waals surface area contributed by atoms with E-state index in [-0.39, 0.29) is 5.91 Å². The van der Waals surface area contributed by atoms with Crippen LogP contribution in [0.15, 0.2) is 49.0 Å². The van der Waals surface area contributed by atoms with Gasteiger partial charge in [0.1, 0.15) is 5.69 Å². The molecule has 18 heavy (non-hydrogen) atoms. The van der Waals surface area contributed by atoms with E-state index in [2.05, 4.69) is 10.4 Å². The van der Waals surface area contributed by atoms with Crippen molar-refractivity contribution in [2.24, 2.45) is 7.05 Å². The van der Waals surface area contributed by atoms with Crippen molar-refractivity contribution in [1.29, 1.82) is 0 Å². The molecule has 1 amide bonds. The molecule has 2 rings (SSSR count). The quantitative estimate of drug-likeness (QED) is 0.808. The van der Waals surface area contributed by atoms with Crippen LogP contribution >= 0.6 is 0 Å². The molecule has 2 N–H and O–H groups in total. The molecule has 0 bridgehead atoms. The normalized spacial score (nSPS) is 10.7. The predicted octanol–water partition coefficient (Wildman–Crippen LogP) is 1.85. The van der Waals surface area contributed by atoms with Gasteiger partial charge in [-0.05, 0) is 0 Å². The van der Waals surface area contributed by atoms with E-state index in [0.29, 0.717) is 11.3 Å². The highest BCUT2D eigenvalue weighted by molar-refractivity contribution is 6.00. The number of aliphatic hydroxyl groups is 1. The number of aliphatic hydroxyl groups excluding tert-OH is 1. The number of amides is 1. The van der Waals surface area contributed by atoms with Crippen LogP contribution in [0.25, 0.3) is 11.3 Å². The minimum atomic E-state index is -0.313. The first-order chi connectivity index (χ1) is 8.72. The Morgan fingerprint density at radius 2 is 2.11 bits per heavy atom. The Balaban J connectivity index is 2.40. The number of nitrogens with one attached hydrogen (secondary N) is 1. The molecule has 92 valence electrons. The molecule has 0 spiro atoms. The third kappa shape index (κ3) is 2.40. The number of rotatable bonds is 3. The van der Waals surface area contributed by atoms with Crippen LogP contribution in [0.3, 0.4) is 0 Å². The van der Waals surface area contributed by atoms with E-state index in [1.165, 1.54) is 6.20 Å². The Morgan fingerprint density at radius 1 is 1.39 bits per heavy atom. The lowest BCUT2D eigenvalue weighted by molar-refractivity contribution is 0.0969. The van der Waals surface area contributed by atoms with Crippen molar-refractivity contribution in [1.82, 2.24) is 15.1 Å². The molecule has 0 atom stereocenters. The molecule has 1 aromatic heterocycles. The molecule has 0 saturated heterocycles. The van der Waals surface area contributed by atoms with Crippen molar-refractivity contribution in [2.75, 3.05) is 0 Å². The molecule has 0 aliphatic heterocycles. The molecule has 0 fully saturated rings. The van der Waals surface area contributed by atoms with E-state index in [0.717, 1.165) is 11.8 Å².